The Morgan fingerprint density at radius 1 is 1.43 bits per heavy atom. The Hall–Kier alpha value is -0.130. The first kappa shape index (κ1) is 11.9. The van der Waals surface area contributed by atoms with E-state index in [0.29, 0.717) is 12.7 Å². The predicted octanol–water partition coefficient (Wildman–Crippen LogP) is 0.870. The molecule has 5 heteroatoms. The van der Waals surface area contributed by atoms with E-state index in [9.17, 15) is 8.42 Å². The number of hydrogen-bond donors (Lipinski definition) is 1. The minimum absolute atomic E-state index is 0.00870. The van der Waals surface area contributed by atoms with Gasteiger partial charge < -0.3 is 4.74 Å². The lowest BCUT2D eigenvalue weighted by Crippen LogP contribution is -2.25. The highest BCUT2D eigenvalue weighted by molar-refractivity contribution is 7.89. The summed E-state index contributed by atoms with van der Waals surface area (Å²) in [6, 6.07) is 0. The summed E-state index contributed by atoms with van der Waals surface area (Å²) in [5.41, 5.74) is 0. The molecule has 0 bridgehead atoms. The molecule has 1 aliphatic carbocycles. The van der Waals surface area contributed by atoms with E-state index in [-0.39, 0.29) is 11.7 Å². The standard InChI is InChI=1S/C9H19NO3S/c1-8(7-14(10,11)12)6-13-9-4-2-3-5-9/h8-9H,2-7H2,1H3,(H2,10,11,12). The molecule has 1 unspecified atom stereocenters. The minimum Gasteiger partial charge on any atom is -0.378 e. The lowest BCUT2D eigenvalue weighted by Gasteiger charge is -2.15. The molecular formula is C9H19NO3S. The van der Waals surface area contributed by atoms with Crippen LogP contribution in [-0.4, -0.2) is 26.9 Å². The highest BCUT2D eigenvalue weighted by Gasteiger charge is 2.17. The van der Waals surface area contributed by atoms with Crippen LogP contribution in [0.5, 0.6) is 0 Å². The zero-order valence-electron chi connectivity index (χ0n) is 8.61. The van der Waals surface area contributed by atoms with Crippen LogP contribution in [0.1, 0.15) is 32.6 Å². The molecule has 0 aliphatic heterocycles. The van der Waals surface area contributed by atoms with Gasteiger partial charge in [0.2, 0.25) is 10.0 Å². The Kier molecular flexibility index (Phi) is 4.34. The molecule has 1 aliphatic rings. The Morgan fingerprint density at radius 2 is 2.00 bits per heavy atom. The van der Waals surface area contributed by atoms with Gasteiger partial charge in [-0.1, -0.05) is 19.8 Å². The molecule has 0 spiro atoms. The first-order chi connectivity index (χ1) is 6.47. The van der Waals surface area contributed by atoms with Crippen LogP contribution in [0.15, 0.2) is 0 Å². The van der Waals surface area contributed by atoms with E-state index in [2.05, 4.69) is 0 Å². The summed E-state index contributed by atoms with van der Waals surface area (Å²) < 4.78 is 27.1. The Labute approximate surface area is 85.9 Å². The number of rotatable bonds is 5. The molecule has 0 aromatic heterocycles. The molecule has 1 saturated carbocycles. The van der Waals surface area contributed by atoms with Gasteiger partial charge in [-0.2, -0.15) is 0 Å². The predicted molar refractivity (Wildman–Crippen MR) is 55.3 cm³/mol. The van der Waals surface area contributed by atoms with E-state index in [1.54, 1.807) is 0 Å². The van der Waals surface area contributed by atoms with E-state index in [1.165, 1.54) is 12.8 Å². The molecule has 84 valence electrons. The molecule has 0 heterocycles. The molecule has 4 nitrogen and oxygen atoms in total. The lowest BCUT2D eigenvalue weighted by molar-refractivity contribution is 0.0412. The van der Waals surface area contributed by atoms with Gasteiger partial charge in [0.1, 0.15) is 0 Å². The van der Waals surface area contributed by atoms with Crippen molar-refractivity contribution >= 4 is 10.0 Å². The van der Waals surface area contributed by atoms with E-state index >= 15 is 0 Å². The number of primary sulfonamides is 1. The van der Waals surface area contributed by atoms with Crippen molar-refractivity contribution in [2.45, 2.75) is 38.7 Å². The molecule has 14 heavy (non-hydrogen) atoms. The second kappa shape index (κ2) is 5.09. The number of nitrogens with two attached hydrogens (primary N) is 1. The minimum atomic E-state index is -3.35. The van der Waals surface area contributed by atoms with Gasteiger partial charge in [0.05, 0.1) is 18.5 Å². The molecule has 0 radical (unpaired) electrons. The van der Waals surface area contributed by atoms with Crippen molar-refractivity contribution in [1.29, 1.82) is 0 Å². The molecule has 1 fully saturated rings. The summed E-state index contributed by atoms with van der Waals surface area (Å²) in [4.78, 5) is 0. The number of sulfonamides is 1. The third-order valence-electron chi connectivity index (χ3n) is 2.44. The molecule has 1 atom stereocenters. The van der Waals surface area contributed by atoms with Crippen LogP contribution in [0.4, 0.5) is 0 Å². The summed E-state index contributed by atoms with van der Waals surface area (Å²) in [5.74, 6) is 0.00491. The van der Waals surface area contributed by atoms with E-state index in [0.717, 1.165) is 12.8 Å². The first-order valence-electron chi connectivity index (χ1n) is 5.09. The van der Waals surface area contributed by atoms with Crippen LogP contribution in [0.2, 0.25) is 0 Å². The van der Waals surface area contributed by atoms with Crippen molar-refractivity contribution in [3.8, 4) is 0 Å². The zero-order valence-corrected chi connectivity index (χ0v) is 9.42. The van der Waals surface area contributed by atoms with Crippen LogP contribution >= 0.6 is 0 Å². The van der Waals surface area contributed by atoms with Crippen molar-refractivity contribution < 1.29 is 13.2 Å². The molecule has 0 amide bonds. The molecule has 1 rings (SSSR count). The highest BCUT2D eigenvalue weighted by atomic mass is 32.2. The van der Waals surface area contributed by atoms with Gasteiger partial charge in [0.25, 0.3) is 0 Å². The van der Waals surface area contributed by atoms with E-state index in [4.69, 9.17) is 9.88 Å². The average molecular weight is 221 g/mol. The average Bonchev–Trinajstić information content (AvgIpc) is 2.49. The summed E-state index contributed by atoms with van der Waals surface area (Å²) in [6.45, 7) is 2.35. The van der Waals surface area contributed by atoms with Gasteiger partial charge in [0, 0.05) is 0 Å². The van der Waals surface area contributed by atoms with Gasteiger partial charge in [-0.3, -0.25) is 0 Å². The van der Waals surface area contributed by atoms with Gasteiger partial charge in [-0.25, -0.2) is 13.6 Å². The maximum absolute atomic E-state index is 10.8. The fourth-order valence-electron chi connectivity index (χ4n) is 1.80. The fraction of sp³-hybridized carbons (Fsp3) is 1.00. The zero-order chi connectivity index (χ0) is 10.6. The van der Waals surface area contributed by atoms with Crippen molar-refractivity contribution in [3.63, 3.8) is 0 Å². The van der Waals surface area contributed by atoms with E-state index in [1.807, 2.05) is 6.92 Å². The third kappa shape index (κ3) is 4.93. The largest absolute Gasteiger partial charge is 0.378 e. The SMILES string of the molecule is CC(COC1CCCC1)CS(N)(=O)=O. The normalized spacial score (nSPS) is 21.3. The first-order valence-corrected chi connectivity index (χ1v) is 6.81. The Morgan fingerprint density at radius 3 is 2.50 bits per heavy atom. The Bertz CT molecular complexity index is 257. The lowest BCUT2D eigenvalue weighted by atomic mass is 10.2. The number of hydrogen-bond acceptors (Lipinski definition) is 3. The quantitative estimate of drug-likeness (QED) is 0.749. The summed E-state index contributed by atoms with van der Waals surface area (Å²) in [5, 5.41) is 4.94. The van der Waals surface area contributed by atoms with Crippen molar-refractivity contribution in [3.05, 3.63) is 0 Å². The van der Waals surface area contributed by atoms with Crippen LogP contribution in [-0.2, 0) is 14.8 Å². The summed E-state index contributed by atoms with van der Waals surface area (Å²) in [6.07, 6.45) is 5.03. The van der Waals surface area contributed by atoms with Gasteiger partial charge in [-0.15, -0.1) is 0 Å². The highest BCUT2D eigenvalue weighted by Crippen LogP contribution is 2.21. The second-order valence-electron chi connectivity index (χ2n) is 4.17. The number of ether oxygens (including phenoxy) is 1. The third-order valence-corrected chi connectivity index (χ3v) is 3.47. The van der Waals surface area contributed by atoms with Crippen molar-refractivity contribution in [1.82, 2.24) is 0 Å². The van der Waals surface area contributed by atoms with E-state index < -0.39 is 10.0 Å². The van der Waals surface area contributed by atoms with Gasteiger partial charge >= 0.3 is 0 Å². The maximum Gasteiger partial charge on any atom is 0.209 e. The smallest absolute Gasteiger partial charge is 0.209 e. The van der Waals surface area contributed by atoms with Gasteiger partial charge in [-0.05, 0) is 18.8 Å². The fourth-order valence-corrected chi connectivity index (χ4v) is 2.69. The van der Waals surface area contributed by atoms with Crippen molar-refractivity contribution in [2.75, 3.05) is 12.4 Å². The topological polar surface area (TPSA) is 69.4 Å². The monoisotopic (exact) mass is 221 g/mol. The van der Waals surface area contributed by atoms with Crippen molar-refractivity contribution in [2.24, 2.45) is 11.1 Å². The maximum atomic E-state index is 10.8. The molecule has 0 saturated heterocycles. The molecular weight excluding hydrogens is 202 g/mol. The van der Waals surface area contributed by atoms with Crippen LogP contribution in [0.25, 0.3) is 0 Å². The second-order valence-corrected chi connectivity index (χ2v) is 5.83. The van der Waals surface area contributed by atoms with Crippen LogP contribution < -0.4 is 5.14 Å². The van der Waals surface area contributed by atoms with Crippen LogP contribution in [0.3, 0.4) is 0 Å². The van der Waals surface area contributed by atoms with Crippen LogP contribution in [0, 0.1) is 5.92 Å². The molecule has 0 aromatic rings. The molecule has 2 N–H and O–H groups in total. The van der Waals surface area contributed by atoms with Gasteiger partial charge in [0.15, 0.2) is 0 Å². The summed E-state index contributed by atoms with van der Waals surface area (Å²) >= 11 is 0. The molecule has 0 aromatic carbocycles. The Balaban J connectivity index is 2.17. The summed E-state index contributed by atoms with van der Waals surface area (Å²) in [7, 11) is -3.35.